The molecule has 116 valence electrons. The molecule has 0 aromatic heterocycles. The third-order valence-electron chi connectivity index (χ3n) is 2.81. The van der Waals surface area contributed by atoms with Gasteiger partial charge in [0.25, 0.3) is 0 Å². The highest BCUT2D eigenvalue weighted by atomic mass is 32.2. The molecule has 0 saturated carbocycles. The Balaban J connectivity index is 2.19. The number of nitrogens with zero attached hydrogens (tertiary/aromatic N) is 1. The quantitative estimate of drug-likeness (QED) is 0.643. The number of nitrogens with one attached hydrogen (secondary N) is 1. The first-order chi connectivity index (χ1) is 9.92. The van der Waals surface area contributed by atoms with Crippen LogP contribution in [0.25, 0.3) is 0 Å². The van der Waals surface area contributed by atoms with Crippen LogP contribution in [0.15, 0.2) is 23.1 Å². The molecule has 1 aliphatic heterocycles. The average molecular weight is 352 g/mol. The summed E-state index contributed by atoms with van der Waals surface area (Å²) >= 11 is 3.39. The number of halogens is 1. The average Bonchev–Trinajstić information content (AvgIpc) is 2.46. The summed E-state index contributed by atoms with van der Waals surface area (Å²) in [5.41, 5.74) is -1.02. The van der Waals surface area contributed by atoms with Crippen LogP contribution in [0.2, 0.25) is 0 Å². The van der Waals surface area contributed by atoms with Crippen LogP contribution in [-0.4, -0.2) is 42.4 Å². The number of thioether (sulfide) groups is 2. The van der Waals surface area contributed by atoms with E-state index in [2.05, 4.69) is 4.72 Å². The second kappa shape index (κ2) is 6.95. The Hall–Kier alpha value is -0.840. The normalized spacial score (nSPS) is 19.4. The van der Waals surface area contributed by atoms with E-state index in [0.717, 1.165) is 35.5 Å². The van der Waals surface area contributed by atoms with Gasteiger partial charge in [0.1, 0.15) is 0 Å². The smallest absolute Gasteiger partial charge is 0.258 e. The van der Waals surface area contributed by atoms with Crippen molar-refractivity contribution >= 4 is 39.2 Å². The van der Waals surface area contributed by atoms with Crippen LogP contribution in [0.4, 0.5) is 10.1 Å². The molecule has 1 fully saturated rings. The van der Waals surface area contributed by atoms with E-state index in [1.54, 1.807) is 23.5 Å². The largest absolute Gasteiger partial charge is 0.324 e. The highest BCUT2D eigenvalue weighted by Gasteiger charge is 2.30. The number of hydrogen-bond donors (Lipinski definition) is 1. The SMILES string of the molecule is O=[N+]([O-])c1c(F)cccc1S(=O)(=O)NCC1CSCCS1. The number of nitro benzene ring substituents is 1. The number of hydrogen-bond acceptors (Lipinski definition) is 6. The Labute approximate surface area is 130 Å². The molecule has 0 bridgehead atoms. The minimum absolute atomic E-state index is 0.117. The minimum atomic E-state index is -4.11. The van der Waals surface area contributed by atoms with Crippen LogP contribution in [0.3, 0.4) is 0 Å². The predicted octanol–water partition coefficient (Wildman–Crippen LogP) is 1.86. The molecule has 1 heterocycles. The fourth-order valence-electron chi connectivity index (χ4n) is 1.82. The summed E-state index contributed by atoms with van der Waals surface area (Å²) in [6.07, 6.45) is 0. The van der Waals surface area contributed by atoms with Crippen LogP contribution in [0.5, 0.6) is 0 Å². The van der Waals surface area contributed by atoms with Crippen molar-refractivity contribution < 1.29 is 17.7 Å². The second-order valence-corrected chi connectivity index (χ2v) is 8.56. The van der Waals surface area contributed by atoms with Crippen LogP contribution in [-0.2, 0) is 10.0 Å². The fraction of sp³-hybridized carbons (Fsp3) is 0.455. The molecule has 1 saturated heterocycles. The van der Waals surface area contributed by atoms with Gasteiger partial charge in [0.2, 0.25) is 15.8 Å². The number of rotatable bonds is 5. The molecule has 0 spiro atoms. The molecule has 1 aliphatic rings. The Kier molecular flexibility index (Phi) is 5.47. The zero-order valence-corrected chi connectivity index (χ0v) is 13.3. The lowest BCUT2D eigenvalue weighted by atomic mass is 10.3. The van der Waals surface area contributed by atoms with Gasteiger partial charge < -0.3 is 0 Å². The standard InChI is InChI=1S/C11H13FN2O4S3/c12-9-2-1-3-10(11(9)14(15)16)21(17,18)13-6-8-7-19-4-5-20-8/h1-3,8,13H,4-7H2. The van der Waals surface area contributed by atoms with Crippen molar-refractivity contribution in [1.29, 1.82) is 0 Å². The van der Waals surface area contributed by atoms with Gasteiger partial charge in [0.05, 0.1) is 4.92 Å². The second-order valence-electron chi connectivity index (χ2n) is 4.26. The lowest BCUT2D eigenvalue weighted by molar-refractivity contribution is -0.390. The molecule has 6 nitrogen and oxygen atoms in total. The van der Waals surface area contributed by atoms with E-state index in [4.69, 9.17) is 0 Å². The highest BCUT2D eigenvalue weighted by molar-refractivity contribution is 8.06. The van der Waals surface area contributed by atoms with Crippen LogP contribution in [0.1, 0.15) is 0 Å². The van der Waals surface area contributed by atoms with Crippen LogP contribution >= 0.6 is 23.5 Å². The Bertz CT molecular complexity index is 632. The summed E-state index contributed by atoms with van der Waals surface area (Å²) in [4.78, 5) is 9.20. The van der Waals surface area contributed by atoms with Gasteiger partial charge in [-0.15, -0.1) is 0 Å². The van der Waals surface area contributed by atoms with Gasteiger partial charge in [-0.25, -0.2) is 13.1 Å². The lowest BCUT2D eigenvalue weighted by Crippen LogP contribution is -2.33. The van der Waals surface area contributed by atoms with Crippen LogP contribution in [0, 0.1) is 15.9 Å². The zero-order chi connectivity index (χ0) is 15.5. The molecule has 1 aromatic rings. The van der Waals surface area contributed by atoms with E-state index in [9.17, 15) is 22.9 Å². The van der Waals surface area contributed by atoms with E-state index in [1.165, 1.54) is 0 Å². The molecule has 1 aromatic carbocycles. The predicted molar refractivity (Wildman–Crippen MR) is 81.8 cm³/mol. The molecule has 1 N–H and O–H groups in total. The lowest BCUT2D eigenvalue weighted by Gasteiger charge is -2.21. The Morgan fingerprint density at radius 3 is 2.81 bits per heavy atom. The first-order valence-electron chi connectivity index (χ1n) is 6.04. The fourth-order valence-corrected chi connectivity index (χ4v) is 5.80. The summed E-state index contributed by atoms with van der Waals surface area (Å²) in [5.74, 6) is 1.63. The van der Waals surface area contributed by atoms with Gasteiger partial charge in [0, 0.05) is 29.1 Å². The zero-order valence-electron chi connectivity index (χ0n) is 10.8. The molecular weight excluding hydrogens is 339 g/mol. The van der Waals surface area contributed by atoms with Gasteiger partial charge in [-0.2, -0.15) is 27.9 Å². The molecule has 2 rings (SSSR count). The van der Waals surface area contributed by atoms with Gasteiger partial charge in [0.15, 0.2) is 4.90 Å². The summed E-state index contributed by atoms with van der Waals surface area (Å²) in [6.45, 7) is 0.174. The third-order valence-corrected chi connectivity index (χ3v) is 7.11. The third kappa shape index (κ3) is 4.09. The molecule has 1 atom stereocenters. The molecule has 0 amide bonds. The molecule has 0 aliphatic carbocycles. The number of nitro groups is 1. The Morgan fingerprint density at radius 2 is 2.19 bits per heavy atom. The maximum Gasteiger partial charge on any atom is 0.324 e. The van der Waals surface area contributed by atoms with Crippen molar-refractivity contribution in [2.75, 3.05) is 23.8 Å². The number of benzene rings is 1. The van der Waals surface area contributed by atoms with E-state index in [-0.39, 0.29) is 11.8 Å². The van der Waals surface area contributed by atoms with Crippen molar-refractivity contribution in [2.24, 2.45) is 0 Å². The van der Waals surface area contributed by atoms with Crippen molar-refractivity contribution in [3.63, 3.8) is 0 Å². The van der Waals surface area contributed by atoms with E-state index in [0.29, 0.717) is 0 Å². The maximum atomic E-state index is 13.5. The van der Waals surface area contributed by atoms with Crippen LogP contribution < -0.4 is 4.72 Å². The molecule has 1 unspecified atom stereocenters. The van der Waals surface area contributed by atoms with Gasteiger partial charge in [-0.1, -0.05) is 6.07 Å². The summed E-state index contributed by atoms with van der Waals surface area (Å²) in [7, 11) is -4.11. The van der Waals surface area contributed by atoms with Crippen molar-refractivity contribution in [3.05, 3.63) is 34.1 Å². The monoisotopic (exact) mass is 352 g/mol. The number of sulfonamides is 1. The molecule has 0 radical (unpaired) electrons. The minimum Gasteiger partial charge on any atom is -0.258 e. The summed E-state index contributed by atoms with van der Waals surface area (Å²) in [6, 6.07) is 3.04. The van der Waals surface area contributed by atoms with Gasteiger partial charge in [-0.3, -0.25) is 10.1 Å². The van der Waals surface area contributed by atoms with Crippen molar-refractivity contribution in [3.8, 4) is 0 Å². The van der Waals surface area contributed by atoms with Crippen molar-refractivity contribution in [1.82, 2.24) is 4.72 Å². The first-order valence-corrected chi connectivity index (χ1v) is 9.72. The highest BCUT2D eigenvalue weighted by Crippen LogP contribution is 2.27. The first kappa shape index (κ1) is 16.5. The molecular formula is C11H13FN2O4S3. The van der Waals surface area contributed by atoms with Gasteiger partial charge in [-0.05, 0) is 12.1 Å². The Morgan fingerprint density at radius 1 is 1.43 bits per heavy atom. The topological polar surface area (TPSA) is 89.3 Å². The molecule has 10 heteroatoms. The number of para-hydroxylation sites is 1. The van der Waals surface area contributed by atoms with E-state index >= 15 is 0 Å². The summed E-state index contributed by atoms with van der Waals surface area (Å²) < 4.78 is 40.1. The van der Waals surface area contributed by atoms with Crippen molar-refractivity contribution in [2.45, 2.75) is 10.1 Å². The van der Waals surface area contributed by atoms with E-state index < -0.39 is 31.3 Å². The van der Waals surface area contributed by atoms with E-state index in [1.807, 2.05) is 0 Å². The van der Waals surface area contributed by atoms with Gasteiger partial charge >= 0.3 is 5.69 Å². The molecule has 21 heavy (non-hydrogen) atoms. The summed E-state index contributed by atoms with van der Waals surface area (Å²) in [5, 5.41) is 11.0. The maximum absolute atomic E-state index is 13.5.